The highest BCUT2D eigenvalue weighted by molar-refractivity contribution is 5.70. The minimum absolute atomic E-state index is 0.0206. The topological polar surface area (TPSA) is 66.8 Å². The van der Waals surface area contributed by atoms with Crippen molar-refractivity contribution >= 4 is 5.97 Å². The van der Waals surface area contributed by atoms with E-state index in [1.165, 1.54) is 0 Å². The molecule has 0 spiro atoms. The maximum Gasteiger partial charge on any atom is 0.307 e. The average molecular weight is 286 g/mol. The summed E-state index contributed by atoms with van der Waals surface area (Å²) in [6.07, 6.45) is -0.569. The van der Waals surface area contributed by atoms with Crippen molar-refractivity contribution in [1.82, 2.24) is 0 Å². The number of carboxylic acid groups (broad SMARTS) is 1. The molecule has 2 aromatic carbocycles. The highest BCUT2D eigenvalue weighted by Gasteiger charge is 2.07. The summed E-state index contributed by atoms with van der Waals surface area (Å²) in [6.45, 7) is 1.99. The molecule has 0 heterocycles. The van der Waals surface area contributed by atoms with Crippen LogP contribution in [0.3, 0.4) is 0 Å². The molecule has 0 aliphatic rings. The van der Waals surface area contributed by atoms with Crippen LogP contribution in [0, 0.1) is 0 Å². The van der Waals surface area contributed by atoms with Crippen molar-refractivity contribution < 1.29 is 19.7 Å². The van der Waals surface area contributed by atoms with Gasteiger partial charge < -0.3 is 14.9 Å². The van der Waals surface area contributed by atoms with Crippen LogP contribution < -0.4 is 4.74 Å². The third-order valence-electron chi connectivity index (χ3n) is 3.19. The van der Waals surface area contributed by atoms with E-state index in [0.717, 1.165) is 16.7 Å². The Hall–Kier alpha value is -2.33. The lowest BCUT2D eigenvalue weighted by atomic mass is 10.1. The SMILES string of the molecule is CC(O)c1cccc(OCc2ccccc2CC(=O)O)c1. The van der Waals surface area contributed by atoms with Gasteiger partial charge in [-0.15, -0.1) is 0 Å². The van der Waals surface area contributed by atoms with E-state index >= 15 is 0 Å². The first-order chi connectivity index (χ1) is 10.1. The Bertz CT molecular complexity index is 620. The van der Waals surface area contributed by atoms with Crippen molar-refractivity contribution in [2.24, 2.45) is 0 Å². The summed E-state index contributed by atoms with van der Waals surface area (Å²) in [5, 5.41) is 18.5. The molecule has 4 heteroatoms. The van der Waals surface area contributed by atoms with Gasteiger partial charge in [0, 0.05) is 0 Å². The highest BCUT2D eigenvalue weighted by Crippen LogP contribution is 2.20. The number of aliphatic carboxylic acids is 1. The number of carbonyl (C=O) groups is 1. The van der Waals surface area contributed by atoms with Gasteiger partial charge in [-0.1, -0.05) is 36.4 Å². The van der Waals surface area contributed by atoms with Crippen LogP contribution >= 0.6 is 0 Å². The molecule has 0 bridgehead atoms. The average Bonchev–Trinajstić information content (AvgIpc) is 2.46. The van der Waals surface area contributed by atoms with Crippen LogP contribution in [-0.4, -0.2) is 16.2 Å². The Balaban J connectivity index is 2.09. The molecule has 0 saturated carbocycles. The van der Waals surface area contributed by atoms with Gasteiger partial charge in [-0.3, -0.25) is 4.79 Å². The lowest BCUT2D eigenvalue weighted by Crippen LogP contribution is -2.06. The number of aliphatic hydroxyl groups excluding tert-OH is 1. The normalized spacial score (nSPS) is 11.9. The third kappa shape index (κ3) is 4.33. The third-order valence-corrected chi connectivity index (χ3v) is 3.19. The molecule has 2 N–H and O–H groups in total. The summed E-state index contributed by atoms with van der Waals surface area (Å²) in [5.74, 6) is -0.211. The monoisotopic (exact) mass is 286 g/mol. The van der Waals surface area contributed by atoms with E-state index in [2.05, 4.69) is 0 Å². The number of hydrogen-bond acceptors (Lipinski definition) is 3. The molecular weight excluding hydrogens is 268 g/mol. The van der Waals surface area contributed by atoms with Crippen molar-refractivity contribution in [2.45, 2.75) is 26.1 Å². The molecular formula is C17H18O4. The zero-order valence-electron chi connectivity index (χ0n) is 11.8. The lowest BCUT2D eigenvalue weighted by molar-refractivity contribution is -0.136. The fourth-order valence-corrected chi connectivity index (χ4v) is 2.06. The minimum Gasteiger partial charge on any atom is -0.489 e. The van der Waals surface area contributed by atoms with Crippen molar-refractivity contribution in [3.8, 4) is 5.75 Å². The first-order valence-electron chi connectivity index (χ1n) is 6.75. The fourth-order valence-electron chi connectivity index (χ4n) is 2.06. The predicted octanol–water partition coefficient (Wildman–Crippen LogP) is 2.95. The van der Waals surface area contributed by atoms with Crippen molar-refractivity contribution in [2.75, 3.05) is 0 Å². The summed E-state index contributed by atoms with van der Waals surface area (Å²) in [4.78, 5) is 10.8. The summed E-state index contributed by atoms with van der Waals surface area (Å²) in [5.41, 5.74) is 2.38. The van der Waals surface area contributed by atoms with E-state index < -0.39 is 12.1 Å². The van der Waals surface area contributed by atoms with Crippen LogP contribution in [0.15, 0.2) is 48.5 Å². The van der Waals surface area contributed by atoms with Crippen molar-refractivity contribution in [3.05, 3.63) is 65.2 Å². The van der Waals surface area contributed by atoms with Crippen LogP contribution in [0.2, 0.25) is 0 Å². The van der Waals surface area contributed by atoms with Gasteiger partial charge in [-0.05, 0) is 35.7 Å². The Kier molecular flexibility index (Phi) is 4.95. The summed E-state index contributed by atoms with van der Waals surface area (Å²) < 4.78 is 5.70. The molecule has 0 saturated heterocycles. The predicted molar refractivity (Wildman–Crippen MR) is 79.2 cm³/mol. The number of benzene rings is 2. The van der Waals surface area contributed by atoms with E-state index in [0.29, 0.717) is 12.4 Å². The molecule has 2 rings (SSSR count). The molecule has 4 nitrogen and oxygen atoms in total. The van der Waals surface area contributed by atoms with E-state index in [1.807, 2.05) is 36.4 Å². The van der Waals surface area contributed by atoms with Crippen LogP contribution in [0.4, 0.5) is 0 Å². The molecule has 1 atom stereocenters. The second-order valence-electron chi connectivity index (χ2n) is 4.88. The van der Waals surface area contributed by atoms with Gasteiger partial charge in [0.05, 0.1) is 12.5 Å². The lowest BCUT2D eigenvalue weighted by Gasteiger charge is -2.11. The van der Waals surface area contributed by atoms with Gasteiger partial charge in [-0.25, -0.2) is 0 Å². The zero-order chi connectivity index (χ0) is 15.2. The number of hydrogen-bond donors (Lipinski definition) is 2. The summed E-state index contributed by atoms with van der Waals surface area (Å²) >= 11 is 0. The summed E-state index contributed by atoms with van der Waals surface area (Å²) in [6, 6.07) is 14.6. The number of ether oxygens (including phenoxy) is 1. The first kappa shape index (κ1) is 15.1. The van der Waals surface area contributed by atoms with E-state index in [9.17, 15) is 9.90 Å². The quantitative estimate of drug-likeness (QED) is 0.856. The van der Waals surface area contributed by atoms with Gasteiger partial charge in [-0.2, -0.15) is 0 Å². The maximum absolute atomic E-state index is 10.8. The molecule has 110 valence electrons. The molecule has 0 aliphatic heterocycles. The van der Waals surface area contributed by atoms with Gasteiger partial charge in [0.25, 0.3) is 0 Å². The maximum atomic E-state index is 10.8. The van der Waals surface area contributed by atoms with Crippen molar-refractivity contribution in [3.63, 3.8) is 0 Å². The largest absolute Gasteiger partial charge is 0.489 e. The van der Waals surface area contributed by atoms with Gasteiger partial charge >= 0.3 is 5.97 Å². The molecule has 0 aromatic heterocycles. The molecule has 0 amide bonds. The van der Waals surface area contributed by atoms with Crippen LogP contribution in [0.5, 0.6) is 5.75 Å². The Labute approximate surface area is 123 Å². The minimum atomic E-state index is -0.862. The fraction of sp³-hybridized carbons (Fsp3) is 0.235. The Morgan fingerprint density at radius 2 is 1.86 bits per heavy atom. The second kappa shape index (κ2) is 6.90. The standard InChI is InChI=1S/C17H18O4/c1-12(18)13-7-4-8-16(9-13)21-11-15-6-3-2-5-14(15)10-17(19)20/h2-9,12,18H,10-11H2,1H3,(H,19,20). The van der Waals surface area contributed by atoms with Gasteiger partial charge in [0.2, 0.25) is 0 Å². The molecule has 0 radical (unpaired) electrons. The molecule has 0 aliphatic carbocycles. The smallest absolute Gasteiger partial charge is 0.307 e. The molecule has 1 unspecified atom stereocenters. The van der Waals surface area contributed by atoms with Crippen LogP contribution in [-0.2, 0) is 17.8 Å². The Morgan fingerprint density at radius 1 is 1.14 bits per heavy atom. The van der Waals surface area contributed by atoms with Crippen LogP contribution in [0.25, 0.3) is 0 Å². The Morgan fingerprint density at radius 3 is 2.52 bits per heavy atom. The van der Waals surface area contributed by atoms with E-state index in [1.54, 1.807) is 19.1 Å². The molecule has 2 aromatic rings. The molecule has 21 heavy (non-hydrogen) atoms. The first-order valence-corrected chi connectivity index (χ1v) is 6.75. The van der Waals surface area contributed by atoms with Crippen LogP contribution in [0.1, 0.15) is 29.7 Å². The number of rotatable bonds is 6. The van der Waals surface area contributed by atoms with Crippen molar-refractivity contribution in [1.29, 1.82) is 0 Å². The highest BCUT2D eigenvalue weighted by atomic mass is 16.5. The van der Waals surface area contributed by atoms with E-state index in [-0.39, 0.29) is 6.42 Å². The number of aliphatic hydroxyl groups is 1. The zero-order valence-corrected chi connectivity index (χ0v) is 11.8. The number of carboxylic acids is 1. The second-order valence-corrected chi connectivity index (χ2v) is 4.88. The molecule has 0 fully saturated rings. The summed E-state index contributed by atoms with van der Waals surface area (Å²) in [7, 11) is 0. The van der Waals surface area contributed by atoms with E-state index in [4.69, 9.17) is 9.84 Å². The van der Waals surface area contributed by atoms with Gasteiger partial charge in [0.1, 0.15) is 12.4 Å². The van der Waals surface area contributed by atoms with Gasteiger partial charge in [0.15, 0.2) is 0 Å².